The van der Waals surface area contributed by atoms with E-state index in [1.807, 2.05) is 7.05 Å². The van der Waals surface area contributed by atoms with Gasteiger partial charge in [0, 0.05) is 6.07 Å². The van der Waals surface area contributed by atoms with E-state index in [2.05, 4.69) is 20.8 Å². The molecular weight excluding hydrogens is 242 g/mol. The van der Waals surface area contributed by atoms with Crippen molar-refractivity contribution < 1.29 is 4.74 Å². The minimum absolute atomic E-state index is 0.556. The van der Waals surface area contributed by atoms with E-state index in [4.69, 9.17) is 16.3 Å². The molecule has 0 unspecified atom stereocenters. The highest BCUT2D eigenvalue weighted by molar-refractivity contribution is 6.32. The molecule has 2 aromatic rings. The maximum Gasteiger partial charge on any atom is 0.170 e. The monoisotopic (exact) mass is 253 g/mol. The summed E-state index contributed by atoms with van der Waals surface area (Å²) in [6.45, 7) is 0.556. The lowest BCUT2D eigenvalue weighted by Gasteiger charge is -2.08. The summed E-state index contributed by atoms with van der Waals surface area (Å²) in [6.07, 6.45) is 0. The van der Waals surface area contributed by atoms with Gasteiger partial charge in [0.2, 0.25) is 0 Å². The summed E-state index contributed by atoms with van der Waals surface area (Å²) in [6, 6.07) is 5.33. The third-order valence-electron chi connectivity index (χ3n) is 2.25. The molecule has 0 saturated heterocycles. The fourth-order valence-corrected chi connectivity index (χ4v) is 1.64. The fraction of sp³-hybridized carbons (Fsp3) is 0.300. The number of nitrogens with one attached hydrogen (secondary N) is 1. The smallest absolute Gasteiger partial charge is 0.170 e. The van der Waals surface area contributed by atoms with Crippen LogP contribution >= 0.6 is 11.6 Å². The fourth-order valence-electron chi connectivity index (χ4n) is 1.44. The van der Waals surface area contributed by atoms with E-state index in [0.717, 1.165) is 0 Å². The van der Waals surface area contributed by atoms with Gasteiger partial charge in [-0.3, -0.25) is 0 Å². The van der Waals surface area contributed by atoms with Crippen LogP contribution in [0.3, 0.4) is 0 Å². The van der Waals surface area contributed by atoms with Crippen molar-refractivity contribution in [3.63, 3.8) is 0 Å². The molecule has 2 rings (SSSR count). The Morgan fingerprint density at radius 2 is 2.29 bits per heavy atom. The van der Waals surface area contributed by atoms with Crippen LogP contribution in [0.4, 0.5) is 0 Å². The van der Waals surface area contributed by atoms with Crippen LogP contribution in [0, 0.1) is 0 Å². The Morgan fingerprint density at radius 3 is 3.00 bits per heavy atom. The highest BCUT2D eigenvalue weighted by Crippen LogP contribution is 2.25. The van der Waals surface area contributed by atoms with Crippen molar-refractivity contribution >= 4 is 11.6 Å². The summed E-state index contributed by atoms with van der Waals surface area (Å²) in [4.78, 5) is 0. The zero-order valence-corrected chi connectivity index (χ0v) is 10.3. The number of halogens is 1. The summed E-state index contributed by atoms with van der Waals surface area (Å²) in [5.74, 6) is 1.39. The van der Waals surface area contributed by atoms with Gasteiger partial charge in [-0.05, 0) is 29.6 Å². The van der Waals surface area contributed by atoms with Gasteiger partial charge in [-0.2, -0.15) is 4.68 Å². The van der Waals surface area contributed by atoms with E-state index < -0.39 is 0 Å². The molecule has 90 valence electrons. The molecule has 0 fully saturated rings. The van der Waals surface area contributed by atoms with Gasteiger partial charge in [-0.1, -0.05) is 11.6 Å². The van der Waals surface area contributed by atoms with Crippen molar-refractivity contribution in [3.8, 4) is 11.4 Å². The minimum atomic E-state index is 0.556. The molecule has 0 aliphatic rings. The van der Waals surface area contributed by atoms with Crippen molar-refractivity contribution in [1.82, 2.24) is 25.5 Å². The van der Waals surface area contributed by atoms with E-state index in [0.29, 0.717) is 28.8 Å². The zero-order valence-electron chi connectivity index (χ0n) is 9.51. The quantitative estimate of drug-likeness (QED) is 0.882. The third-order valence-corrected chi connectivity index (χ3v) is 2.57. The first-order valence-electron chi connectivity index (χ1n) is 5.02. The van der Waals surface area contributed by atoms with Gasteiger partial charge in [-0.25, -0.2) is 0 Å². The molecule has 17 heavy (non-hydrogen) atoms. The number of nitrogens with zero attached hydrogens (tertiary/aromatic N) is 4. The molecule has 0 radical (unpaired) electrons. The van der Waals surface area contributed by atoms with Crippen molar-refractivity contribution in [2.45, 2.75) is 6.54 Å². The first-order chi connectivity index (χ1) is 8.26. The Morgan fingerprint density at radius 1 is 1.47 bits per heavy atom. The van der Waals surface area contributed by atoms with E-state index in [9.17, 15) is 0 Å². The standard InChI is InChI=1S/C10H12ClN5O/c1-12-6-10-13-14-15-16(10)9-5-7(17-2)3-4-8(9)11/h3-5,12H,6H2,1-2H3. The maximum absolute atomic E-state index is 6.12. The number of hydrogen-bond acceptors (Lipinski definition) is 5. The molecule has 1 aromatic carbocycles. The van der Waals surface area contributed by atoms with Crippen LogP contribution in [0.15, 0.2) is 18.2 Å². The van der Waals surface area contributed by atoms with Crippen LogP contribution in [0.2, 0.25) is 5.02 Å². The third kappa shape index (κ3) is 2.37. The normalized spacial score (nSPS) is 10.5. The van der Waals surface area contributed by atoms with Gasteiger partial charge in [0.25, 0.3) is 0 Å². The summed E-state index contributed by atoms with van der Waals surface area (Å²) < 4.78 is 6.74. The second kappa shape index (κ2) is 5.11. The lowest BCUT2D eigenvalue weighted by atomic mass is 10.3. The SMILES string of the molecule is CNCc1nnnn1-c1cc(OC)ccc1Cl. The first kappa shape index (κ1) is 11.8. The average Bonchev–Trinajstić information content (AvgIpc) is 2.78. The van der Waals surface area contributed by atoms with Gasteiger partial charge >= 0.3 is 0 Å². The lowest BCUT2D eigenvalue weighted by Crippen LogP contribution is -2.12. The number of tetrazole rings is 1. The summed E-state index contributed by atoms with van der Waals surface area (Å²) >= 11 is 6.12. The van der Waals surface area contributed by atoms with Gasteiger partial charge < -0.3 is 10.1 Å². The molecule has 1 N–H and O–H groups in total. The Labute approximate surface area is 104 Å². The van der Waals surface area contributed by atoms with E-state index >= 15 is 0 Å². The topological polar surface area (TPSA) is 64.9 Å². The Kier molecular flexibility index (Phi) is 3.55. The minimum Gasteiger partial charge on any atom is -0.497 e. The number of aromatic nitrogens is 4. The number of methoxy groups -OCH3 is 1. The molecule has 7 heteroatoms. The number of benzene rings is 1. The van der Waals surface area contributed by atoms with Crippen molar-refractivity contribution in [2.24, 2.45) is 0 Å². The molecule has 0 saturated carbocycles. The van der Waals surface area contributed by atoms with Crippen LogP contribution in [-0.4, -0.2) is 34.4 Å². The van der Waals surface area contributed by atoms with Crippen LogP contribution < -0.4 is 10.1 Å². The second-order valence-electron chi connectivity index (χ2n) is 3.35. The molecule has 1 aromatic heterocycles. The predicted molar refractivity (Wildman–Crippen MR) is 63.5 cm³/mol. The molecular formula is C10H12ClN5O. The number of rotatable bonds is 4. The van der Waals surface area contributed by atoms with Gasteiger partial charge in [-0.15, -0.1) is 5.10 Å². The van der Waals surface area contributed by atoms with Crippen molar-refractivity contribution in [1.29, 1.82) is 0 Å². The summed E-state index contributed by atoms with van der Waals surface area (Å²) in [5, 5.41) is 15.0. The Bertz CT molecular complexity index is 513. The van der Waals surface area contributed by atoms with Crippen molar-refractivity contribution in [2.75, 3.05) is 14.2 Å². The van der Waals surface area contributed by atoms with Crippen LogP contribution in [0.25, 0.3) is 5.69 Å². The van der Waals surface area contributed by atoms with Gasteiger partial charge in [0.05, 0.1) is 24.4 Å². The van der Waals surface area contributed by atoms with E-state index in [1.54, 1.807) is 30.0 Å². The highest BCUT2D eigenvalue weighted by atomic mass is 35.5. The van der Waals surface area contributed by atoms with E-state index in [1.165, 1.54) is 0 Å². The largest absolute Gasteiger partial charge is 0.497 e. The molecule has 1 heterocycles. The Balaban J connectivity index is 2.47. The zero-order chi connectivity index (χ0) is 12.3. The molecule has 0 aliphatic heterocycles. The molecule has 0 spiro atoms. The molecule has 0 bridgehead atoms. The molecule has 6 nitrogen and oxygen atoms in total. The molecule has 0 atom stereocenters. The lowest BCUT2D eigenvalue weighted by molar-refractivity contribution is 0.414. The highest BCUT2D eigenvalue weighted by Gasteiger charge is 2.11. The Hall–Kier alpha value is -1.66. The summed E-state index contributed by atoms with van der Waals surface area (Å²) in [7, 11) is 3.42. The van der Waals surface area contributed by atoms with Crippen LogP contribution in [0.5, 0.6) is 5.75 Å². The van der Waals surface area contributed by atoms with Crippen LogP contribution in [-0.2, 0) is 6.54 Å². The maximum atomic E-state index is 6.12. The van der Waals surface area contributed by atoms with Gasteiger partial charge in [0.1, 0.15) is 5.75 Å². The van der Waals surface area contributed by atoms with E-state index in [-0.39, 0.29) is 0 Å². The predicted octanol–water partition coefficient (Wildman–Crippen LogP) is 1.04. The average molecular weight is 254 g/mol. The first-order valence-corrected chi connectivity index (χ1v) is 5.40. The molecule has 0 aliphatic carbocycles. The van der Waals surface area contributed by atoms with Crippen molar-refractivity contribution in [3.05, 3.63) is 29.0 Å². The summed E-state index contributed by atoms with van der Waals surface area (Å²) in [5.41, 5.74) is 0.696. The number of ether oxygens (including phenoxy) is 1. The molecule has 0 amide bonds. The van der Waals surface area contributed by atoms with Gasteiger partial charge in [0.15, 0.2) is 5.82 Å². The second-order valence-corrected chi connectivity index (χ2v) is 3.76. The van der Waals surface area contributed by atoms with Crippen LogP contribution in [0.1, 0.15) is 5.82 Å². The number of hydrogen-bond donors (Lipinski definition) is 1.